The van der Waals surface area contributed by atoms with E-state index >= 15 is 0 Å². The van der Waals surface area contributed by atoms with Crippen LogP contribution in [-0.2, 0) is 5.41 Å². The zero-order valence-corrected chi connectivity index (χ0v) is 30.5. The van der Waals surface area contributed by atoms with Gasteiger partial charge in [0.05, 0.1) is 0 Å². The topological polar surface area (TPSA) is 0 Å². The summed E-state index contributed by atoms with van der Waals surface area (Å²) < 4.78 is 0. The minimum Gasteiger partial charge on any atom is -0.0622 e. The summed E-state index contributed by atoms with van der Waals surface area (Å²) in [7, 11) is 0. The van der Waals surface area contributed by atoms with Crippen molar-refractivity contribution in [3.63, 3.8) is 0 Å². The molecule has 8 aromatic rings. The van der Waals surface area contributed by atoms with Gasteiger partial charge in [-0.05, 0) is 156 Å². The van der Waals surface area contributed by atoms with Gasteiger partial charge in [0.1, 0.15) is 0 Å². The van der Waals surface area contributed by atoms with Crippen molar-refractivity contribution in [2.45, 2.75) is 37.5 Å². The number of hydrogen-bond acceptors (Lipinski definition) is 0. The molecule has 0 saturated heterocycles. The van der Waals surface area contributed by atoms with Gasteiger partial charge in [-0.3, -0.25) is 0 Å². The van der Waals surface area contributed by atoms with Crippen LogP contribution in [0.5, 0.6) is 0 Å². The number of benzene rings is 8. The molecular formula is C54H42. The van der Waals surface area contributed by atoms with Crippen molar-refractivity contribution in [2.24, 2.45) is 23.7 Å². The zero-order valence-electron chi connectivity index (χ0n) is 30.5. The van der Waals surface area contributed by atoms with Crippen LogP contribution in [0.2, 0.25) is 0 Å². The smallest absolute Gasteiger partial charge is 0.0271 e. The van der Waals surface area contributed by atoms with E-state index in [4.69, 9.17) is 0 Å². The lowest BCUT2D eigenvalue weighted by molar-refractivity contribution is -0.0399. The highest BCUT2D eigenvalue weighted by atomic mass is 14.6. The van der Waals surface area contributed by atoms with E-state index in [2.05, 4.69) is 170 Å². The minimum absolute atomic E-state index is 0.186. The molecule has 5 aliphatic rings. The Kier molecular flexibility index (Phi) is 6.62. The molecule has 4 fully saturated rings. The predicted octanol–water partition coefficient (Wildman–Crippen LogP) is 14.4. The molecule has 0 N–H and O–H groups in total. The fourth-order valence-electron chi connectivity index (χ4n) is 12.5. The molecule has 0 aliphatic heterocycles. The van der Waals surface area contributed by atoms with Crippen molar-refractivity contribution < 1.29 is 0 Å². The van der Waals surface area contributed by atoms with E-state index in [0.717, 1.165) is 23.7 Å². The van der Waals surface area contributed by atoms with Gasteiger partial charge in [0.25, 0.3) is 0 Å². The Morgan fingerprint density at radius 3 is 1.46 bits per heavy atom. The Morgan fingerprint density at radius 1 is 0.315 bits per heavy atom. The molecule has 1 spiro atoms. The molecular weight excluding hydrogens is 649 g/mol. The molecule has 0 unspecified atom stereocenters. The molecule has 0 aromatic heterocycles. The molecule has 8 aromatic carbocycles. The third kappa shape index (κ3) is 4.26. The van der Waals surface area contributed by atoms with Gasteiger partial charge in [-0.1, -0.05) is 158 Å². The Hall–Kier alpha value is -5.72. The summed E-state index contributed by atoms with van der Waals surface area (Å²) in [6, 6.07) is 64.3. The van der Waals surface area contributed by atoms with E-state index < -0.39 is 0 Å². The van der Waals surface area contributed by atoms with Crippen LogP contribution in [0, 0.1) is 23.7 Å². The first-order valence-electron chi connectivity index (χ1n) is 20.2. The summed E-state index contributed by atoms with van der Waals surface area (Å²) in [5.41, 5.74) is 16.6. The molecule has 0 heterocycles. The van der Waals surface area contributed by atoms with Gasteiger partial charge in [0.15, 0.2) is 0 Å². The van der Waals surface area contributed by atoms with Crippen molar-refractivity contribution >= 4 is 21.5 Å². The number of hydrogen-bond donors (Lipinski definition) is 0. The molecule has 4 saturated carbocycles. The van der Waals surface area contributed by atoms with Gasteiger partial charge in [-0.2, -0.15) is 0 Å². The Morgan fingerprint density at radius 2 is 0.815 bits per heavy atom. The van der Waals surface area contributed by atoms with Crippen LogP contribution >= 0.6 is 0 Å². The molecule has 54 heavy (non-hydrogen) atoms. The molecule has 4 bridgehead atoms. The highest BCUT2D eigenvalue weighted by Crippen LogP contribution is 2.69. The van der Waals surface area contributed by atoms with E-state index in [1.165, 1.54) is 109 Å². The Bertz CT molecular complexity index is 2680. The van der Waals surface area contributed by atoms with E-state index in [9.17, 15) is 0 Å². The lowest BCUT2D eigenvalue weighted by atomic mass is 9.43. The maximum atomic E-state index is 2.59. The summed E-state index contributed by atoms with van der Waals surface area (Å²) >= 11 is 0. The van der Waals surface area contributed by atoms with Gasteiger partial charge in [-0.15, -0.1) is 0 Å². The first kappa shape index (κ1) is 30.7. The molecule has 0 radical (unpaired) electrons. The lowest BCUT2D eigenvalue weighted by Crippen LogP contribution is -2.55. The Labute approximate surface area is 318 Å². The van der Waals surface area contributed by atoms with Gasteiger partial charge in [0, 0.05) is 5.41 Å². The molecule has 258 valence electrons. The molecule has 0 nitrogen and oxygen atoms in total. The highest BCUT2D eigenvalue weighted by molar-refractivity contribution is 6.22. The largest absolute Gasteiger partial charge is 0.0622 e. The fraction of sp³-hybridized carbons (Fsp3) is 0.185. The summed E-state index contributed by atoms with van der Waals surface area (Å²) in [5.74, 6) is 3.44. The molecule has 5 aliphatic carbocycles. The average Bonchev–Trinajstić information content (AvgIpc) is 3.52. The van der Waals surface area contributed by atoms with Crippen LogP contribution in [0.1, 0.15) is 43.2 Å². The van der Waals surface area contributed by atoms with Gasteiger partial charge in [-0.25, -0.2) is 0 Å². The third-order valence-electron chi connectivity index (χ3n) is 14.3. The maximum Gasteiger partial charge on any atom is 0.0271 e. The quantitative estimate of drug-likeness (QED) is 0.161. The standard InChI is InChI=1S/C54H42/c1-3-13-36(14-4-1)38-23-25-47(48(32-38)37-15-5-2-6-16-37)53-45-20-9-7-18-43(45)52(44-19-8-10-21-46(44)53)39-24-26-51-49(33-39)42-17-11-12-22-50(42)54(51)40-28-34-27-35(30-40)31-41(54)29-34/h1-26,32-35,40-41H,27-31H2. The van der Waals surface area contributed by atoms with Crippen molar-refractivity contribution in [1.82, 2.24) is 0 Å². The van der Waals surface area contributed by atoms with E-state index in [1.54, 1.807) is 11.1 Å². The monoisotopic (exact) mass is 690 g/mol. The van der Waals surface area contributed by atoms with Crippen LogP contribution in [0.15, 0.2) is 170 Å². The van der Waals surface area contributed by atoms with E-state index in [-0.39, 0.29) is 5.41 Å². The van der Waals surface area contributed by atoms with Crippen LogP contribution in [0.4, 0.5) is 0 Å². The second kappa shape index (κ2) is 11.6. The van der Waals surface area contributed by atoms with Crippen molar-refractivity contribution in [3.05, 3.63) is 181 Å². The van der Waals surface area contributed by atoms with Crippen molar-refractivity contribution in [2.75, 3.05) is 0 Å². The summed E-state index contributed by atoms with van der Waals surface area (Å²) in [6.45, 7) is 0. The number of rotatable bonds is 4. The summed E-state index contributed by atoms with van der Waals surface area (Å²) in [6.07, 6.45) is 7.14. The molecule has 0 amide bonds. The first-order chi connectivity index (χ1) is 26.8. The molecule has 0 heteroatoms. The van der Waals surface area contributed by atoms with Gasteiger partial charge in [0.2, 0.25) is 0 Å². The second-order valence-corrected chi connectivity index (χ2v) is 16.8. The third-order valence-corrected chi connectivity index (χ3v) is 14.3. The normalized spacial score (nSPS) is 23.3. The van der Waals surface area contributed by atoms with Crippen LogP contribution in [0.25, 0.3) is 77.2 Å². The molecule has 0 atom stereocenters. The van der Waals surface area contributed by atoms with Crippen LogP contribution < -0.4 is 0 Å². The average molecular weight is 691 g/mol. The molecule has 13 rings (SSSR count). The zero-order chi connectivity index (χ0) is 35.4. The van der Waals surface area contributed by atoms with Crippen molar-refractivity contribution in [3.8, 4) is 55.6 Å². The summed E-state index contributed by atoms with van der Waals surface area (Å²) in [5, 5.41) is 5.23. The Balaban J connectivity index is 1.10. The highest BCUT2D eigenvalue weighted by Gasteiger charge is 2.61. The second-order valence-electron chi connectivity index (χ2n) is 16.8. The minimum atomic E-state index is 0.186. The van der Waals surface area contributed by atoms with Gasteiger partial charge >= 0.3 is 0 Å². The summed E-state index contributed by atoms with van der Waals surface area (Å²) in [4.78, 5) is 0. The SMILES string of the molecule is c1ccc(-c2ccc(-c3c4ccccc4c(-c4ccc5c(c4)-c4ccccc4C54C5CC6CC(C5)CC4C6)c4ccccc34)c(-c3ccccc3)c2)cc1. The predicted molar refractivity (Wildman–Crippen MR) is 226 cm³/mol. The van der Waals surface area contributed by atoms with E-state index in [0.29, 0.717) is 0 Å². The lowest BCUT2D eigenvalue weighted by Gasteiger charge is -2.61. The van der Waals surface area contributed by atoms with E-state index in [1.807, 2.05) is 0 Å². The van der Waals surface area contributed by atoms with Crippen LogP contribution in [0.3, 0.4) is 0 Å². The number of fused-ring (bicyclic) bond motifs is 5. The van der Waals surface area contributed by atoms with Crippen molar-refractivity contribution in [1.29, 1.82) is 0 Å². The first-order valence-corrected chi connectivity index (χ1v) is 20.2. The van der Waals surface area contributed by atoms with Crippen LogP contribution in [-0.4, -0.2) is 0 Å². The maximum absolute atomic E-state index is 2.59. The fourth-order valence-corrected chi connectivity index (χ4v) is 12.5. The van der Waals surface area contributed by atoms with Gasteiger partial charge < -0.3 is 0 Å².